The van der Waals surface area contributed by atoms with Crippen LogP contribution in [-0.4, -0.2) is 50.0 Å². The molecule has 0 spiro atoms. The zero-order valence-corrected chi connectivity index (χ0v) is 7.10. The Bertz CT molecular complexity index is 183. The number of nitrogens with zero attached hydrogens (tertiary/aromatic N) is 1. The van der Waals surface area contributed by atoms with Gasteiger partial charge in [0.25, 0.3) is 0 Å². The van der Waals surface area contributed by atoms with Gasteiger partial charge >= 0.3 is 5.97 Å². The van der Waals surface area contributed by atoms with E-state index in [0.29, 0.717) is 13.2 Å². The molecule has 0 aromatic carbocycles. The molecule has 6 nitrogen and oxygen atoms in total. The van der Waals surface area contributed by atoms with Gasteiger partial charge in [-0.15, -0.1) is 0 Å². The van der Waals surface area contributed by atoms with Crippen LogP contribution >= 0.6 is 0 Å². The van der Waals surface area contributed by atoms with Crippen molar-refractivity contribution >= 4 is 12.4 Å². The topological polar surface area (TPSA) is 80.2 Å². The second-order valence-corrected chi connectivity index (χ2v) is 2.43. The van der Waals surface area contributed by atoms with Crippen molar-refractivity contribution in [3.63, 3.8) is 0 Å². The highest BCUT2D eigenvalue weighted by atomic mass is 16.5. The van der Waals surface area contributed by atoms with Crippen LogP contribution in [0.4, 0.5) is 0 Å². The molecule has 2 N–H and O–H groups in total. The van der Waals surface area contributed by atoms with Gasteiger partial charge < -0.3 is 14.6 Å². The monoisotopic (exact) mass is 188 g/mol. The third kappa shape index (κ3) is 3.86. The molecule has 13 heavy (non-hydrogen) atoms. The summed E-state index contributed by atoms with van der Waals surface area (Å²) < 4.78 is 9.36. The lowest BCUT2D eigenvalue weighted by Gasteiger charge is -1.99. The summed E-state index contributed by atoms with van der Waals surface area (Å²) in [5, 5.41) is 10.9. The molecular weight excluding hydrogens is 176 g/mol. The number of hydrogen-bond acceptors (Lipinski definition) is 5. The van der Waals surface area contributed by atoms with Crippen LogP contribution in [0.15, 0.2) is 4.99 Å². The van der Waals surface area contributed by atoms with Gasteiger partial charge in [0, 0.05) is 6.54 Å². The van der Waals surface area contributed by atoms with Crippen LogP contribution in [-0.2, 0) is 14.3 Å². The molecule has 2 rings (SSSR count). The van der Waals surface area contributed by atoms with Crippen LogP contribution in [0, 0.1) is 0 Å². The molecule has 0 amide bonds. The highest BCUT2D eigenvalue weighted by molar-refractivity contribution is 5.71. The predicted octanol–water partition coefficient (Wildman–Crippen LogP) is -0.938. The standard InChI is InChI=1S/C4H7NO3.C3H5NO/c6-4(7)3-5-1-2-8-3;1-2-5-3-4-1/h3,5H,1-2H2,(H,6,7);3H,1-2H2. The average molecular weight is 188 g/mol. The first-order chi connectivity index (χ1) is 6.30. The number of carboxylic acids is 1. The van der Waals surface area contributed by atoms with E-state index in [2.05, 4.69) is 15.0 Å². The molecular formula is C7H12N2O4. The van der Waals surface area contributed by atoms with Crippen LogP contribution in [0.3, 0.4) is 0 Å². The molecule has 1 saturated heterocycles. The van der Waals surface area contributed by atoms with Crippen molar-refractivity contribution < 1.29 is 19.4 Å². The number of ether oxygens (including phenoxy) is 2. The maximum Gasteiger partial charge on any atom is 0.348 e. The highest BCUT2D eigenvalue weighted by Crippen LogP contribution is 1.92. The van der Waals surface area contributed by atoms with Gasteiger partial charge in [-0.25, -0.2) is 4.79 Å². The van der Waals surface area contributed by atoms with Gasteiger partial charge in [-0.05, 0) is 0 Å². The van der Waals surface area contributed by atoms with Gasteiger partial charge in [0.2, 0.25) is 6.23 Å². The van der Waals surface area contributed by atoms with E-state index < -0.39 is 12.2 Å². The first-order valence-corrected chi connectivity index (χ1v) is 3.98. The Kier molecular flexibility index (Phi) is 4.20. The minimum absolute atomic E-state index is 0.497. The Morgan fingerprint density at radius 3 is 2.69 bits per heavy atom. The second kappa shape index (κ2) is 5.50. The van der Waals surface area contributed by atoms with Crippen molar-refractivity contribution in [1.82, 2.24) is 5.32 Å². The first kappa shape index (κ1) is 9.94. The van der Waals surface area contributed by atoms with Crippen LogP contribution in [0.25, 0.3) is 0 Å². The SMILES string of the molecule is C1=NCCO1.O=C(O)C1NCCO1. The Labute approximate surface area is 75.6 Å². The minimum Gasteiger partial charge on any atom is -0.482 e. The number of aliphatic carboxylic acids is 1. The number of nitrogens with one attached hydrogen (secondary N) is 1. The van der Waals surface area contributed by atoms with E-state index in [1.807, 2.05) is 0 Å². The van der Waals surface area contributed by atoms with Gasteiger partial charge in [-0.3, -0.25) is 10.3 Å². The van der Waals surface area contributed by atoms with E-state index >= 15 is 0 Å². The molecule has 6 heteroatoms. The van der Waals surface area contributed by atoms with Crippen LogP contribution in [0.2, 0.25) is 0 Å². The van der Waals surface area contributed by atoms with Crippen LogP contribution in [0.1, 0.15) is 0 Å². The largest absolute Gasteiger partial charge is 0.482 e. The van der Waals surface area contributed by atoms with Crippen molar-refractivity contribution in [2.24, 2.45) is 4.99 Å². The lowest BCUT2D eigenvalue weighted by molar-refractivity contribution is -0.148. The van der Waals surface area contributed by atoms with Gasteiger partial charge in [0.05, 0.1) is 13.2 Å². The molecule has 0 aromatic heterocycles. The zero-order valence-electron chi connectivity index (χ0n) is 7.10. The maximum atomic E-state index is 10.0. The molecule has 2 aliphatic heterocycles. The second-order valence-electron chi connectivity index (χ2n) is 2.43. The summed E-state index contributed by atoms with van der Waals surface area (Å²) in [7, 11) is 0. The normalized spacial score (nSPS) is 24.8. The number of rotatable bonds is 1. The number of hydrogen-bond donors (Lipinski definition) is 2. The quantitative estimate of drug-likeness (QED) is 0.555. The maximum absolute atomic E-state index is 10.0. The molecule has 0 saturated carbocycles. The van der Waals surface area contributed by atoms with Gasteiger partial charge in [-0.1, -0.05) is 0 Å². The van der Waals surface area contributed by atoms with Gasteiger partial charge in [0.1, 0.15) is 6.61 Å². The summed E-state index contributed by atoms with van der Waals surface area (Å²) in [6, 6.07) is 0. The lowest BCUT2D eigenvalue weighted by Crippen LogP contribution is -2.31. The van der Waals surface area contributed by atoms with Crippen molar-refractivity contribution in [1.29, 1.82) is 0 Å². The molecule has 1 unspecified atom stereocenters. The highest BCUT2D eigenvalue weighted by Gasteiger charge is 2.20. The number of aliphatic imine (C=N–C) groups is 1. The van der Waals surface area contributed by atoms with Crippen molar-refractivity contribution in [3.05, 3.63) is 0 Å². The average Bonchev–Trinajstić information content (AvgIpc) is 2.82. The Balaban J connectivity index is 0.000000145. The third-order valence-electron chi connectivity index (χ3n) is 1.43. The molecule has 0 aromatic rings. The van der Waals surface area contributed by atoms with Crippen LogP contribution in [0.5, 0.6) is 0 Å². The fraction of sp³-hybridized carbons (Fsp3) is 0.714. The summed E-state index contributed by atoms with van der Waals surface area (Å²) >= 11 is 0. The number of carboxylic acid groups (broad SMARTS) is 1. The van der Waals surface area contributed by atoms with Gasteiger partial charge in [0.15, 0.2) is 6.40 Å². The first-order valence-electron chi connectivity index (χ1n) is 3.98. The van der Waals surface area contributed by atoms with Crippen molar-refractivity contribution in [3.8, 4) is 0 Å². The van der Waals surface area contributed by atoms with Crippen molar-refractivity contribution in [2.45, 2.75) is 6.23 Å². The predicted molar refractivity (Wildman–Crippen MR) is 44.7 cm³/mol. The third-order valence-corrected chi connectivity index (χ3v) is 1.43. The summed E-state index contributed by atoms with van der Waals surface area (Å²) in [6.45, 7) is 2.76. The van der Waals surface area contributed by atoms with Gasteiger partial charge in [-0.2, -0.15) is 0 Å². The fourth-order valence-electron chi connectivity index (χ4n) is 0.848. The summed E-state index contributed by atoms with van der Waals surface area (Å²) in [4.78, 5) is 13.8. The summed E-state index contributed by atoms with van der Waals surface area (Å²) in [6.07, 6.45) is 0.718. The Morgan fingerprint density at radius 1 is 1.62 bits per heavy atom. The molecule has 0 aliphatic carbocycles. The molecule has 2 heterocycles. The molecule has 74 valence electrons. The molecule has 0 radical (unpaired) electrons. The van der Waals surface area contributed by atoms with E-state index in [-0.39, 0.29) is 0 Å². The van der Waals surface area contributed by atoms with E-state index in [1.54, 1.807) is 0 Å². The fourth-order valence-corrected chi connectivity index (χ4v) is 0.848. The molecule has 1 atom stereocenters. The van der Waals surface area contributed by atoms with Crippen LogP contribution < -0.4 is 5.32 Å². The molecule has 1 fully saturated rings. The zero-order chi connectivity index (χ0) is 9.52. The molecule has 2 aliphatic rings. The Morgan fingerprint density at radius 2 is 2.46 bits per heavy atom. The van der Waals surface area contributed by atoms with E-state index in [4.69, 9.17) is 9.84 Å². The Hall–Kier alpha value is -1.14. The summed E-state index contributed by atoms with van der Waals surface area (Å²) in [5.74, 6) is -0.942. The lowest BCUT2D eigenvalue weighted by atomic mass is 10.6. The summed E-state index contributed by atoms with van der Waals surface area (Å²) in [5.41, 5.74) is 0. The van der Waals surface area contributed by atoms with Crippen molar-refractivity contribution in [2.75, 3.05) is 26.3 Å². The van der Waals surface area contributed by atoms with E-state index in [1.165, 1.54) is 6.40 Å². The number of carbonyl (C=O) groups is 1. The molecule has 0 bridgehead atoms. The minimum atomic E-state index is -0.942. The van der Waals surface area contributed by atoms with E-state index in [9.17, 15) is 4.79 Å². The smallest absolute Gasteiger partial charge is 0.348 e. The van der Waals surface area contributed by atoms with E-state index in [0.717, 1.165) is 13.2 Å².